The fourth-order valence-corrected chi connectivity index (χ4v) is 4.05. The summed E-state index contributed by atoms with van der Waals surface area (Å²) >= 11 is 3.30. The first-order valence-electron chi connectivity index (χ1n) is 8.60. The van der Waals surface area contributed by atoms with Crippen LogP contribution in [-0.2, 0) is 10.0 Å². The topological polar surface area (TPSA) is 107 Å². The normalized spacial score (nSPS) is 10.9. The molecule has 1 amide bonds. The zero-order valence-corrected chi connectivity index (χ0v) is 18.5. The molecule has 30 heavy (non-hydrogen) atoms. The number of pyridine rings is 1. The molecule has 1 aromatic heterocycles. The van der Waals surface area contributed by atoms with Gasteiger partial charge in [-0.3, -0.25) is 9.52 Å². The van der Waals surface area contributed by atoms with E-state index in [-0.39, 0.29) is 16.2 Å². The van der Waals surface area contributed by atoms with Crippen molar-refractivity contribution in [2.45, 2.75) is 4.90 Å². The predicted molar refractivity (Wildman–Crippen MR) is 117 cm³/mol. The molecule has 10 heteroatoms. The minimum Gasteiger partial charge on any atom is -0.495 e. The van der Waals surface area contributed by atoms with Gasteiger partial charge in [-0.15, -0.1) is 0 Å². The second-order valence-electron chi connectivity index (χ2n) is 6.02. The number of methoxy groups -OCH3 is 2. The Morgan fingerprint density at radius 3 is 2.27 bits per heavy atom. The smallest absolute Gasteiger partial charge is 0.265 e. The van der Waals surface area contributed by atoms with Gasteiger partial charge in [0.1, 0.15) is 10.6 Å². The van der Waals surface area contributed by atoms with Crippen LogP contribution in [0.25, 0.3) is 0 Å². The van der Waals surface area contributed by atoms with Crippen LogP contribution in [0.3, 0.4) is 0 Å². The van der Waals surface area contributed by atoms with Gasteiger partial charge in [0.25, 0.3) is 15.9 Å². The number of rotatable bonds is 7. The molecule has 0 saturated heterocycles. The average molecular weight is 492 g/mol. The number of carbonyl (C=O) groups is 1. The van der Waals surface area contributed by atoms with Crippen molar-refractivity contribution in [1.29, 1.82) is 0 Å². The van der Waals surface area contributed by atoms with Gasteiger partial charge in [-0.05, 0) is 48.5 Å². The Bertz CT molecular complexity index is 1150. The van der Waals surface area contributed by atoms with E-state index in [1.54, 1.807) is 36.4 Å². The summed E-state index contributed by atoms with van der Waals surface area (Å²) in [7, 11) is -1.16. The maximum Gasteiger partial charge on any atom is 0.265 e. The van der Waals surface area contributed by atoms with Crippen molar-refractivity contribution in [3.8, 4) is 11.6 Å². The van der Waals surface area contributed by atoms with Crippen LogP contribution in [0.1, 0.15) is 10.4 Å². The number of hydrogen-bond acceptors (Lipinski definition) is 6. The van der Waals surface area contributed by atoms with Gasteiger partial charge in [0, 0.05) is 21.8 Å². The number of halogens is 1. The van der Waals surface area contributed by atoms with Crippen LogP contribution in [0, 0.1) is 0 Å². The van der Waals surface area contributed by atoms with E-state index < -0.39 is 15.9 Å². The highest BCUT2D eigenvalue weighted by Gasteiger charge is 2.22. The van der Waals surface area contributed by atoms with Crippen molar-refractivity contribution in [1.82, 2.24) is 4.98 Å². The van der Waals surface area contributed by atoms with Gasteiger partial charge in [-0.25, -0.2) is 13.4 Å². The van der Waals surface area contributed by atoms with Crippen molar-refractivity contribution in [2.75, 3.05) is 24.3 Å². The fraction of sp³-hybridized carbons (Fsp3) is 0.100. The van der Waals surface area contributed by atoms with E-state index in [4.69, 9.17) is 9.47 Å². The first-order chi connectivity index (χ1) is 14.3. The molecule has 3 aromatic rings. The van der Waals surface area contributed by atoms with Crippen LogP contribution in [-0.4, -0.2) is 33.5 Å². The summed E-state index contributed by atoms with van der Waals surface area (Å²) in [4.78, 5) is 16.5. The van der Waals surface area contributed by atoms with E-state index in [0.717, 1.165) is 4.47 Å². The van der Waals surface area contributed by atoms with E-state index in [1.165, 1.54) is 38.6 Å². The highest BCUT2D eigenvalue weighted by Crippen LogP contribution is 2.28. The molecule has 0 aliphatic rings. The Kier molecular flexibility index (Phi) is 6.58. The summed E-state index contributed by atoms with van der Waals surface area (Å²) in [6.45, 7) is 0. The molecule has 2 aromatic carbocycles. The van der Waals surface area contributed by atoms with E-state index in [2.05, 4.69) is 31.0 Å². The third-order valence-corrected chi connectivity index (χ3v) is 5.95. The number of amides is 1. The molecule has 0 spiro atoms. The zero-order valence-electron chi connectivity index (χ0n) is 16.0. The number of hydrogen-bond donors (Lipinski definition) is 2. The van der Waals surface area contributed by atoms with Crippen LogP contribution in [0.4, 0.5) is 11.4 Å². The second-order valence-corrected chi connectivity index (χ2v) is 8.59. The fourth-order valence-electron chi connectivity index (χ4n) is 2.53. The van der Waals surface area contributed by atoms with Crippen LogP contribution in [0.5, 0.6) is 11.6 Å². The van der Waals surface area contributed by atoms with Crippen molar-refractivity contribution in [3.63, 3.8) is 0 Å². The zero-order chi connectivity index (χ0) is 21.7. The largest absolute Gasteiger partial charge is 0.495 e. The number of ether oxygens (including phenoxy) is 2. The van der Waals surface area contributed by atoms with Crippen molar-refractivity contribution < 1.29 is 22.7 Å². The molecule has 0 fully saturated rings. The SMILES string of the molecule is COc1ccc(NC(=O)c2ccc(OC)c(S(=O)(=O)Nc3ccc(Br)cc3)c2)cn1. The molecule has 0 aliphatic heterocycles. The third-order valence-electron chi connectivity index (χ3n) is 4.02. The number of benzene rings is 2. The van der Waals surface area contributed by atoms with Gasteiger partial charge in [-0.2, -0.15) is 0 Å². The molecule has 0 radical (unpaired) electrons. The van der Waals surface area contributed by atoms with Gasteiger partial charge in [-0.1, -0.05) is 15.9 Å². The molecule has 0 unspecified atom stereocenters. The Balaban J connectivity index is 1.88. The predicted octanol–water partition coefficient (Wildman–Crippen LogP) is 3.91. The maximum atomic E-state index is 12.9. The van der Waals surface area contributed by atoms with E-state index in [0.29, 0.717) is 17.3 Å². The Hall–Kier alpha value is -3.11. The molecule has 0 aliphatic carbocycles. The summed E-state index contributed by atoms with van der Waals surface area (Å²) in [6.07, 6.45) is 1.44. The van der Waals surface area contributed by atoms with Gasteiger partial charge >= 0.3 is 0 Å². The van der Waals surface area contributed by atoms with E-state index in [1.807, 2.05) is 0 Å². The Morgan fingerprint density at radius 2 is 1.67 bits per heavy atom. The molecule has 1 heterocycles. The quantitative estimate of drug-likeness (QED) is 0.518. The molecule has 8 nitrogen and oxygen atoms in total. The molecule has 2 N–H and O–H groups in total. The minimum atomic E-state index is -4.01. The minimum absolute atomic E-state index is 0.113. The molecule has 3 rings (SSSR count). The summed E-state index contributed by atoms with van der Waals surface area (Å²) in [5.74, 6) is 0.0248. The molecular weight excluding hydrogens is 474 g/mol. The van der Waals surface area contributed by atoms with E-state index in [9.17, 15) is 13.2 Å². The summed E-state index contributed by atoms with van der Waals surface area (Å²) in [5, 5.41) is 2.66. The van der Waals surface area contributed by atoms with Gasteiger partial charge in [0.2, 0.25) is 5.88 Å². The summed E-state index contributed by atoms with van der Waals surface area (Å²) < 4.78 is 39.3. The number of anilines is 2. The van der Waals surface area contributed by atoms with Crippen LogP contribution < -0.4 is 19.5 Å². The van der Waals surface area contributed by atoms with Gasteiger partial charge in [0.15, 0.2) is 0 Å². The molecule has 0 bridgehead atoms. The molecule has 156 valence electrons. The lowest BCUT2D eigenvalue weighted by Gasteiger charge is -2.13. The number of sulfonamides is 1. The number of carbonyl (C=O) groups excluding carboxylic acids is 1. The van der Waals surface area contributed by atoms with Crippen LogP contribution in [0.2, 0.25) is 0 Å². The lowest BCUT2D eigenvalue weighted by Crippen LogP contribution is -2.17. The standard InChI is InChI=1S/C20H18BrN3O5S/c1-28-17-9-3-13(20(25)23-16-8-10-19(29-2)22-12-16)11-18(17)30(26,27)24-15-6-4-14(21)5-7-15/h3-12,24H,1-2H3,(H,23,25). The number of nitrogens with one attached hydrogen (secondary N) is 2. The number of aromatic nitrogens is 1. The first-order valence-corrected chi connectivity index (χ1v) is 10.9. The molecule has 0 atom stereocenters. The van der Waals surface area contributed by atoms with Gasteiger partial charge < -0.3 is 14.8 Å². The lowest BCUT2D eigenvalue weighted by molar-refractivity contribution is 0.102. The monoisotopic (exact) mass is 491 g/mol. The van der Waals surface area contributed by atoms with Crippen LogP contribution >= 0.6 is 15.9 Å². The Morgan fingerprint density at radius 1 is 0.967 bits per heavy atom. The molecule has 0 saturated carbocycles. The summed E-state index contributed by atoms with van der Waals surface area (Å²) in [5.41, 5.74) is 0.955. The van der Waals surface area contributed by atoms with Crippen molar-refractivity contribution in [3.05, 3.63) is 70.8 Å². The van der Waals surface area contributed by atoms with Crippen LogP contribution in [0.15, 0.2) is 70.2 Å². The van der Waals surface area contributed by atoms with Gasteiger partial charge in [0.05, 0.1) is 26.1 Å². The average Bonchev–Trinajstić information content (AvgIpc) is 2.75. The van der Waals surface area contributed by atoms with Crippen molar-refractivity contribution >= 4 is 43.2 Å². The third kappa shape index (κ3) is 5.08. The highest BCUT2D eigenvalue weighted by molar-refractivity contribution is 9.10. The number of nitrogens with zero attached hydrogens (tertiary/aromatic N) is 1. The molecular formula is C20H18BrN3O5S. The highest BCUT2D eigenvalue weighted by atomic mass is 79.9. The maximum absolute atomic E-state index is 12.9. The van der Waals surface area contributed by atoms with E-state index >= 15 is 0 Å². The Labute approximate surface area is 182 Å². The lowest BCUT2D eigenvalue weighted by atomic mass is 10.2. The summed E-state index contributed by atoms with van der Waals surface area (Å²) in [6, 6.07) is 14.0. The first kappa shape index (κ1) is 21.6. The second kappa shape index (κ2) is 9.14. The van der Waals surface area contributed by atoms with Crippen molar-refractivity contribution in [2.24, 2.45) is 0 Å².